The molecular weight excluding hydrogens is 530 g/mol. The number of fused-ring (bicyclic) bond motifs is 2. The highest BCUT2D eigenvalue weighted by molar-refractivity contribution is 6.06. The van der Waals surface area contributed by atoms with Crippen molar-refractivity contribution in [1.29, 1.82) is 0 Å². The monoisotopic (exact) mass is 569 g/mol. The minimum Gasteiger partial charge on any atom is -0.497 e. The number of para-hydroxylation sites is 1. The summed E-state index contributed by atoms with van der Waals surface area (Å²) < 4.78 is 11.1. The molecule has 220 valence electrons. The van der Waals surface area contributed by atoms with Crippen LogP contribution in [-0.4, -0.2) is 84.6 Å². The molecule has 2 amide bonds. The number of rotatable bonds is 9. The first-order chi connectivity index (χ1) is 20.4. The fourth-order valence-electron chi connectivity index (χ4n) is 6.16. The van der Waals surface area contributed by atoms with Gasteiger partial charge in [0.2, 0.25) is 5.91 Å². The van der Waals surface area contributed by atoms with Crippen molar-refractivity contribution < 1.29 is 19.1 Å². The van der Waals surface area contributed by atoms with Gasteiger partial charge in [0.1, 0.15) is 11.6 Å². The van der Waals surface area contributed by atoms with E-state index >= 15 is 0 Å². The topological polar surface area (TPSA) is 91.0 Å². The molecule has 2 aliphatic rings. The molecule has 0 aliphatic carbocycles. The van der Waals surface area contributed by atoms with Gasteiger partial charge in [-0.05, 0) is 56.5 Å². The summed E-state index contributed by atoms with van der Waals surface area (Å²) in [6, 6.07) is 14.0. The van der Waals surface area contributed by atoms with Gasteiger partial charge in [-0.15, -0.1) is 0 Å². The van der Waals surface area contributed by atoms with Gasteiger partial charge in [0.15, 0.2) is 0 Å². The Bertz CT molecular complexity index is 1620. The lowest BCUT2D eigenvalue weighted by atomic mass is 10.1. The van der Waals surface area contributed by atoms with E-state index < -0.39 is 0 Å². The highest BCUT2D eigenvalue weighted by Crippen LogP contribution is 2.30. The van der Waals surface area contributed by atoms with E-state index in [0.29, 0.717) is 51.3 Å². The number of anilines is 1. The maximum atomic E-state index is 14.4. The molecule has 1 N–H and O–H groups in total. The van der Waals surface area contributed by atoms with E-state index in [-0.39, 0.29) is 11.8 Å². The summed E-state index contributed by atoms with van der Waals surface area (Å²) in [7, 11) is 1.66. The van der Waals surface area contributed by atoms with Gasteiger partial charge in [0, 0.05) is 73.8 Å². The Balaban J connectivity index is 1.37. The third-order valence-electron chi connectivity index (χ3n) is 8.64. The number of aromatic amines is 1. The van der Waals surface area contributed by atoms with Crippen LogP contribution in [0.15, 0.2) is 42.5 Å². The van der Waals surface area contributed by atoms with Crippen LogP contribution in [0.3, 0.4) is 0 Å². The van der Waals surface area contributed by atoms with E-state index in [0.717, 1.165) is 76.2 Å². The first kappa shape index (κ1) is 28.0. The van der Waals surface area contributed by atoms with Gasteiger partial charge < -0.3 is 29.2 Å². The molecule has 42 heavy (non-hydrogen) atoms. The number of aromatic nitrogens is 2. The average molecular weight is 570 g/mol. The van der Waals surface area contributed by atoms with Crippen molar-refractivity contribution in [3.05, 3.63) is 64.8 Å². The van der Waals surface area contributed by atoms with Crippen LogP contribution in [-0.2, 0) is 16.1 Å². The predicted octanol–water partition coefficient (Wildman–Crippen LogP) is 4.83. The largest absolute Gasteiger partial charge is 0.497 e. The molecule has 9 nitrogen and oxygen atoms in total. The van der Waals surface area contributed by atoms with Crippen molar-refractivity contribution in [2.45, 2.75) is 39.7 Å². The molecule has 4 heterocycles. The van der Waals surface area contributed by atoms with Crippen LogP contribution in [0.25, 0.3) is 21.8 Å². The number of morpholine rings is 1. The second kappa shape index (κ2) is 12.0. The average Bonchev–Trinajstić information content (AvgIpc) is 3.56. The van der Waals surface area contributed by atoms with Crippen molar-refractivity contribution in [3.8, 4) is 5.75 Å². The second-order valence-corrected chi connectivity index (χ2v) is 11.3. The third-order valence-corrected chi connectivity index (χ3v) is 8.64. The van der Waals surface area contributed by atoms with Gasteiger partial charge in [-0.2, -0.15) is 0 Å². The Morgan fingerprint density at radius 2 is 1.95 bits per heavy atom. The van der Waals surface area contributed by atoms with Crippen LogP contribution < -0.4 is 9.64 Å². The van der Waals surface area contributed by atoms with Crippen molar-refractivity contribution in [2.75, 3.05) is 57.9 Å². The fraction of sp³-hybridized carbons (Fsp3) is 0.424. The second-order valence-electron chi connectivity index (χ2n) is 11.3. The number of amides is 2. The first-order valence-corrected chi connectivity index (χ1v) is 14.9. The highest BCUT2D eigenvalue weighted by Gasteiger charge is 2.25. The summed E-state index contributed by atoms with van der Waals surface area (Å²) in [5, 5.41) is 2.06. The fourth-order valence-corrected chi connectivity index (χ4v) is 6.16. The van der Waals surface area contributed by atoms with Gasteiger partial charge in [0.05, 0.1) is 36.9 Å². The predicted molar refractivity (Wildman–Crippen MR) is 164 cm³/mol. The first-order valence-electron chi connectivity index (χ1n) is 14.9. The number of H-pyrrole nitrogens is 1. The number of hydrogen-bond donors (Lipinski definition) is 1. The summed E-state index contributed by atoms with van der Waals surface area (Å²) in [5.74, 6) is 1.81. The van der Waals surface area contributed by atoms with E-state index in [1.807, 2.05) is 47.1 Å². The smallest absolute Gasteiger partial charge is 0.256 e. The van der Waals surface area contributed by atoms with Gasteiger partial charge >= 0.3 is 0 Å². The maximum Gasteiger partial charge on any atom is 0.256 e. The molecule has 0 atom stereocenters. The number of methoxy groups -OCH3 is 1. The summed E-state index contributed by atoms with van der Waals surface area (Å²) >= 11 is 0. The molecule has 0 bridgehead atoms. The quantitative estimate of drug-likeness (QED) is 0.311. The standard InChI is InChI=1S/C33H39N5O4/c1-22-23(2)34-31-27(22)7-4-8-28(31)33(40)38(14-6-13-36-12-5-9-30(36)39)21-25-19-24-10-11-26(41-3)20-29(24)35-32(25)37-15-17-42-18-16-37/h4,7-8,10-11,19-20,34H,5-6,9,12-18,21H2,1-3H3. The van der Waals surface area contributed by atoms with E-state index in [9.17, 15) is 9.59 Å². The number of hydrogen-bond acceptors (Lipinski definition) is 6. The number of nitrogens with one attached hydrogen (secondary N) is 1. The zero-order valence-electron chi connectivity index (χ0n) is 24.7. The van der Waals surface area contributed by atoms with Gasteiger partial charge in [-0.1, -0.05) is 12.1 Å². The minimum atomic E-state index is -0.0302. The number of likely N-dealkylation sites (tertiary alicyclic amines) is 1. The van der Waals surface area contributed by atoms with E-state index in [1.54, 1.807) is 7.11 Å². The Morgan fingerprint density at radius 3 is 2.71 bits per heavy atom. The van der Waals surface area contributed by atoms with Crippen LogP contribution in [0.5, 0.6) is 5.75 Å². The van der Waals surface area contributed by atoms with Gasteiger partial charge in [-0.25, -0.2) is 4.98 Å². The summed E-state index contributed by atoms with van der Waals surface area (Å²) in [6.07, 6.45) is 2.24. The summed E-state index contributed by atoms with van der Waals surface area (Å²) in [6.45, 7) is 9.25. The minimum absolute atomic E-state index is 0.0302. The number of nitrogens with zero attached hydrogens (tertiary/aromatic N) is 4. The number of benzene rings is 2. The van der Waals surface area contributed by atoms with Crippen LogP contribution in [0.4, 0.5) is 5.82 Å². The molecule has 0 saturated carbocycles. The van der Waals surface area contributed by atoms with Crippen molar-refractivity contribution in [2.24, 2.45) is 0 Å². The molecule has 2 aromatic heterocycles. The third kappa shape index (κ3) is 5.53. The number of pyridine rings is 1. The lowest BCUT2D eigenvalue weighted by molar-refractivity contribution is -0.127. The van der Waals surface area contributed by atoms with E-state index in [1.165, 1.54) is 0 Å². The van der Waals surface area contributed by atoms with Crippen molar-refractivity contribution in [3.63, 3.8) is 0 Å². The lowest BCUT2D eigenvalue weighted by Crippen LogP contribution is -2.39. The zero-order valence-corrected chi connectivity index (χ0v) is 24.7. The van der Waals surface area contributed by atoms with Crippen molar-refractivity contribution >= 4 is 39.4 Å². The van der Waals surface area contributed by atoms with Crippen LogP contribution in [0, 0.1) is 13.8 Å². The Hall–Kier alpha value is -4.11. The normalized spacial score (nSPS) is 15.6. The Labute approximate surface area is 246 Å². The van der Waals surface area contributed by atoms with Gasteiger partial charge in [-0.3, -0.25) is 9.59 Å². The lowest BCUT2D eigenvalue weighted by Gasteiger charge is -2.31. The van der Waals surface area contributed by atoms with E-state index in [2.05, 4.69) is 28.9 Å². The summed E-state index contributed by atoms with van der Waals surface area (Å²) in [5.41, 5.74) is 5.59. The summed E-state index contributed by atoms with van der Waals surface area (Å²) in [4.78, 5) is 41.3. The molecule has 6 rings (SSSR count). The number of carbonyl (C=O) groups is 2. The molecule has 2 saturated heterocycles. The zero-order chi connectivity index (χ0) is 29.2. The molecule has 2 fully saturated rings. The number of carbonyl (C=O) groups excluding carboxylic acids is 2. The Kier molecular flexibility index (Phi) is 8.02. The highest BCUT2D eigenvalue weighted by atomic mass is 16.5. The van der Waals surface area contributed by atoms with E-state index in [4.69, 9.17) is 14.5 Å². The molecular formula is C33H39N5O4. The van der Waals surface area contributed by atoms with Gasteiger partial charge in [0.25, 0.3) is 5.91 Å². The molecule has 0 radical (unpaired) electrons. The SMILES string of the molecule is COc1ccc2cc(CN(CCCN3CCCC3=O)C(=O)c3cccc4c(C)c(C)[nH]c34)c(N3CCOCC3)nc2c1. The number of ether oxygens (including phenoxy) is 2. The Morgan fingerprint density at radius 1 is 1.12 bits per heavy atom. The van der Waals surface area contributed by atoms with Crippen LogP contribution in [0.2, 0.25) is 0 Å². The maximum absolute atomic E-state index is 14.4. The van der Waals surface area contributed by atoms with Crippen LogP contribution >= 0.6 is 0 Å². The van der Waals surface area contributed by atoms with Crippen molar-refractivity contribution in [1.82, 2.24) is 19.8 Å². The molecule has 2 aromatic carbocycles. The molecule has 9 heteroatoms. The number of aryl methyl sites for hydroxylation is 2. The van der Waals surface area contributed by atoms with Crippen LogP contribution in [0.1, 0.15) is 46.4 Å². The molecule has 0 spiro atoms. The molecule has 0 unspecified atom stereocenters. The molecule has 2 aliphatic heterocycles. The molecule has 4 aromatic rings.